The molecule has 0 aliphatic rings. The molecule has 0 radical (unpaired) electrons. The molecular formula is C12H10ClFN2O2. The zero-order chi connectivity index (χ0) is 13.1. The number of nitrogens with zero attached hydrogens (tertiary/aromatic N) is 2. The third kappa shape index (κ3) is 2.68. The van der Waals surface area contributed by atoms with Crippen molar-refractivity contribution in [1.29, 1.82) is 0 Å². The minimum absolute atomic E-state index is 0.144. The Morgan fingerprint density at radius 3 is 2.89 bits per heavy atom. The number of aldehydes is 1. The summed E-state index contributed by atoms with van der Waals surface area (Å²) in [6.07, 6.45) is 2.07. The first-order valence-corrected chi connectivity index (χ1v) is 5.52. The van der Waals surface area contributed by atoms with E-state index in [-0.39, 0.29) is 17.9 Å². The number of hydrogen-bond donors (Lipinski definition) is 0. The Hall–Kier alpha value is -1.88. The standard InChI is InChI=1S/C12H10ClFN2O2/c1-16-11(13)5-15-12(16)7-18-10-3-8(6-17)2-9(14)4-10/h2-6H,7H2,1H3. The van der Waals surface area contributed by atoms with E-state index in [0.717, 1.165) is 6.07 Å². The average Bonchev–Trinajstić information content (AvgIpc) is 2.67. The van der Waals surface area contributed by atoms with Gasteiger partial charge in [0, 0.05) is 18.7 Å². The van der Waals surface area contributed by atoms with E-state index in [0.29, 0.717) is 17.3 Å². The Bertz CT molecular complexity index is 583. The van der Waals surface area contributed by atoms with Crippen LogP contribution in [0.5, 0.6) is 5.75 Å². The molecule has 0 amide bonds. The molecule has 2 rings (SSSR count). The van der Waals surface area contributed by atoms with Crippen molar-refractivity contribution in [1.82, 2.24) is 9.55 Å². The molecule has 0 N–H and O–H groups in total. The lowest BCUT2D eigenvalue weighted by molar-refractivity contribution is 0.112. The highest BCUT2D eigenvalue weighted by atomic mass is 35.5. The van der Waals surface area contributed by atoms with Crippen molar-refractivity contribution in [3.63, 3.8) is 0 Å². The van der Waals surface area contributed by atoms with Crippen molar-refractivity contribution in [2.75, 3.05) is 0 Å². The second-order valence-corrected chi connectivity index (χ2v) is 4.07. The van der Waals surface area contributed by atoms with E-state index in [1.807, 2.05) is 0 Å². The van der Waals surface area contributed by atoms with Gasteiger partial charge in [-0.3, -0.25) is 4.79 Å². The summed E-state index contributed by atoms with van der Waals surface area (Å²) in [4.78, 5) is 14.6. The maximum absolute atomic E-state index is 13.1. The topological polar surface area (TPSA) is 44.1 Å². The van der Waals surface area contributed by atoms with Crippen LogP contribution in [0.15, 0.2) is 24.4 Å². The molecule has 2 aromatic rings. The van der Waals surface area contributed by atoms with Crippen LogP contribution in [0.1, 0.15) is 16.2 Å². The number of rotatable bonds is 4. The molecule has 0 atom stereocenters. The largest absolute Gasteiger partial charge is 0.486 e. The fraction of sp³-hybridized carbons (Fsp3) is 0.167. The van der Waals surface area contributed by atoms with Crippen LogP contribution in [-0.4, -0.2) is 15.8 Å². The van der Waals surface area contributed by atoms with Gasteiger partial charge in [-0.25, -0.2) is 9.37 Å². The molecule has 1 aromatic heterocycles. The molecule has 1 heterocycles. The van der Waals surface area contributed by atoms with E-state index < -0.39 is 5.82 Å². The molecule has 0 fully saturated rings. The Morgan fingerprint density at radius 2 is 2.28 bits per heavy atom. The van der Waals surface area contributed by atoms with Crippen LogP contribution in [0.3, 0.4) is 0 Å². The maximum Gasteiger partial charge on any atom is 0.150 e. The molecule has 0 aliphatic heterocycles. The quantitative estimate of drug-likeness (QED) is 0.801. The predicted octanol–water partition coefficient (Wildman–Crippen LogP) is 2.60. The van der Waals surface area contributed by atoms with Crippen molar-refractivity contribution < 1.29 is 13.9 Å². The van der Waals surface area contributed by atoms with E-state index in [1.54, 1.807) is 11.6 Å². The Labute approximate surface area is 108 Å². The van der Waals surface area contributed by atoms with Gasteiger partial charge in [0.05, 0.1) is 6.20 Å². The molecule has 0 spiro atoms. The third-order valence-corrected chi connectivity index (χ3v) is 2.78. The first-order chi connectivity index (χ1) is 8.60. The maximum atomic E-state index is 13.1. The molecule has 0 saturated carbocycles. The molecule has 1 aromatic carbocycles. The lowest BCUT2D eigenvalue weighted by Crippen LogP contribution is -2.04. The zero-order valence-electron chi connectivity index (χ0n) is 9.56. The SMILES string of the molecule is Cn1c(Cl)cnc1COc1cc(F)cc(C=O)c1. The van der Waals surface area contributed by atoms with Crippen molar-refractivity contribution in [2.45, 2.75) is 6.61 Å². The first kappa shape index (κ1) is 12.6. The van der Waals surface area contributed by atoms with Gasteiger partial charge in [-0.05, 0) is 12.1 Å². The van der Waals surface area contributed by atoms with E-state index in [1.165, 1.54) is 18.3 Å². The summed E-state index contributed by atoms with van der Waals surface area (Å²) >= 11 is 5.82. The number of aromatic nitrogens is 2. The van der Waals surface area contributed by atoms with Crippen LogP contribution >= 0.6 is 11.6 Å². The van der Waals surface area contributed by atoms with Crippen molar-refractivity contribution in [3.8, 4) is 5.75 Å². The lowest BCUT2D eigenvalue weighted by atomic mass is 10.2. The number of benzene rings is 1. The number of carbonyl (C=O) groups is 1. The van der Waals surface area contributed by atoms with Gasteiger partial charge in [-0.2, -0.15) is 0 Å². The van der Waals surface area contributed by atoms with Gasteiger partial charge < -0.3 is 9.30 Å². The molecule has 0 aliphatic carbocycles. The predicted molar refractivity (Wildman–Crippen MR) is 64.3 cm³/mol. The average molecular weight is 269 g/mol. The van der Waals surface area contributed by atoms with Crippen LogP contribution in [0, 0.1) is 5.82 Å². The number of hydrogen-bond acceptors (Lipinski definition) is 3. The molecule has 4 nitrogen and oxygen atoms in total. The highest BCUT2D eigenvalue weighted by molar-refractivity contribution is 6.29. The minimum atomic E-state index is -0.521. The zero-order valence-corrected chi connectivity index (χ0v) is 10.3. The summed E-state index contributed by atoms with van der Waals surface area (Å²) in [7, 11) is 1.75. The van der Waals surface area contributed by atoms with E-state index in [9.17, 15) is 9.18 Å². The summed E-state index contributed by atoms with van der Waals surface area (Å²) in [5.74, 6) is 0.362. The van der Waals surface area contributed by atoms with Gasteiger partial charge in [0.1, 0.15) is 35.4 Å². The Balaban J connectivity index is 2.13. The third-order valence-electron chi connectivity index (χ3n) is 2.43. The van der Waals surface area contributed by atoms with Gasteiger partial charge in [0.2, 0.25) is 0 Å². The fourth-order valence-corrected chi connectivity index (χ4v) is 1.59. The molecular weight excluding hydrogens is 259 g/mol. The van der Waals surface area contributed by atoms with E-state index >= 15 is 0 Å². The summed E-state index contributed by atoms with van der Waals surface area (Å²) in [5, 5.41) is 0.487. The normalized spacial score (nSPS) is 10.4. The summed E-state index contributed by atoms with van der Waals surface area (Å²) in [6, 6.07) is 3.80. The summed E-state index contributed by atoms with van der Waals surface area (Å²) < 4.78 is 20.2. The second kappa shape index (κ2) is 5.18. The molecule has 94 valence electrons. The number of carbonyl (C=O) groups excluding carboxylic acids is 1. The van der Waals surface area contributed by atoms with Crippen LogP contribution < -0.4 is 4.74 Å². The summed E-state index contributed by atoms with van der Waals surface area (Å²) in [5.41, 5.74) is 0.225. The number of halogens is 2. The lowest BCUT2D eigenvalue weighted by Gasteiger charge is -2.07. The number of ether oxygens (including phenoxy) is 1. The van der Waals surface area contributed by atoms with Crippen molar-refractivity contribution >= 4 is 17.9 Å². The summed E-state index contributed by atoms with van der Waals surface area (Å²) in [6.45, 7) is 0.144. The Morgan fingerprint density at radius 1 is 1.50 bits per heavy atom. The second-order valence-electron chi connectivity index (χ2n) is 3.68. The fourth-order valence-electron chi connectivity index (χ4n) is 1.44. The van der Waals surface area contributed by atoms with Gasteiger partial charge in [-0.15, -0.1) is 0 Å². The smallest absolute Gasteiger partial charge is 0.150 e. The monoisotopic (exact) mass is 268 g/mol. The van der Waals surface area contributed by atoms with Crippen molar-refractivity contribution in [3.05, 3.63) is 46.8 Å². The van der Waals surface area contributed by atoms with Gasteiger partial charge >= 0.3 is 0 Å². The van der Waals surface area contributed by atoms with Crippen LogP contribution in [0.2, 0.25) is 5.15 Å². The Kier molecular flexibility index (Phi) is 3.62. The van der Waals surface area contributed by atoms with Crippen molar-refractivity contribution in [2.24, 2.45) is 7.05 Å². The van der Waals surface area contributed by atoms with Crippen LogP contribution in [0.4, 0.5) is 4.39 Å². The molecule has 6 heteroatoms. The highest BCUT2D eigenvalue weighted by Crippen LogP contribution is 2.17. The van der Waals surface area contributed by atoms with Gasteiger partial charge in [-0.1, -0.05) is 11.6 Å². The van der Waals surface area contributed by atoms with E-state index in [2.05, 4.69) is 4.98 Å². The number of imidazole rings is 1. The van der Waals surface area contributed by atoms with Crippen LogP contribution in [-0.2, 0) is 13.7 Å². The highest BCUT2D eigenvalue weighted by Gasteiger charge is 2.06. The van der Waals surface area contributed by atoms with Gasteiger partial charge in [0.25, 0.3) is 0 Å². The van der Waals surface area contributed by atoms with E-state index in [4.69, 9.17) is 16.3 Å². The molecule has 0 saturated heterocycles. The molecule has 18 heavy (non-hydrogen) atoms. The first-order valence-electron chi connectivity index (χ1n) is 5.15. The van der Waals surface area contributed by atoms with Gasteiger partial charge in [0.15, 0.2) is 0 Å². The minimum Gasteiger partial charge on any atom is -0.486 e. The van der Waals surface area contributed by atoms with Crippen LogP contribution in [0.25, 0.3) is 0 Å². The molecule has 0 bridgehead atoms. The molecule has 0 unspecified atom stereocenters.